The van der Waals surface area contributed by atoms with Gasteiger partial charge < -0.3 is 17.8 Å². The molecule has 11 aromatic rings. The van der Waals surface area contributed by atoms with Crippen LogP contribution in [-0.4, -0.2) is 14.5 Å². The Hall–Kier alpha value is -6.92. The first-order valence-electron chi connectivity index (χ1n) is 17.6. The van der Waals surface area contributed by atoms with Crippen LogP contribution in [0.4, 0.5) is 0 Å². The zero-order valence-electron chi connectivity index (χ0n) is 27.8. The number of para-hydroxylation sites is 3. The van der Waals surface area contributed by atoms with Crippen LogP contribution in [0, 0.1) is 0 Å². The van der Waals surface area contributed by atoms with Crippen LogP contribution in [0.3, 0.4) is 0 Å². The molecule has 0 unspecified atom stereocenters. The van der Waals surface area contributed by atoms with E-state index in [1.54, 1.807) is 0 Å². The van der Waals surface area contributed by atoms with Crippen molar-refractivity contribution in [3.05, 3.63) is 157 Å². The molecule has 0 aliphatic heterocycles. The number of fused-ring (bicyclic) bond motifs is 13. The Morgan fingerprint density at radius 1 is 0.538 bits per heavy atom. The Labute approximate surface area is 295 Å². The van der Waals surface area contributed by atoms with E-state index in [2.05, 4.69) is 95.6 Å². The van der Waals surface area contributed by atoms with Crippen molar-refractivity contribution in [1.82, 2.24) is 14.5 Å². The Kier molecular flexibility index (Phi) is 5.52. The number of hydrogen-bond acceptors (Lipinski definition) is 5. The predicted molar refractivity (Wildman–Crippen MR) is 208 cm³/mol. The molecule has 1 aliphatic rings. The number of furan rings is 3. The second kappa shape index (κ2) is 10.3. The first-order chi connectivity index (χ1) is 25.8. The van der Waals surface area contributed by atoms with Crippen LogP contribution in [-0.2, 0) is 6.42 Å². The third kappa shape index (κ3) is 3.78. The second-order valence-corrected chi connectivity index (χ2v) is 13.6. The van der Waals surface area contributed by atoms with Gasteiger partial charge in [0.1, 0.15) is 39.3 Å². The van der Waals surface area contributed by atoms with Crippen LogP contribution in [0.1, 0.15) is 23.6 Å². The van der Waals surface area contributed by atoms with E-state index in [-0.39, 0.29) is 0 Å². The summed E-state index contributed by atoms with van der Waals surface area (Å²) in [6, 6.07) is 46.1. The van der Waals surface area contributed by atoms with Crippen molar-refractivity contribution < 1.29 is 13.3 Å². The highest BCUT2D eigenvalue weighted by Crippen LogP contribution is 2.44. The molecule has 0 saturated carbocycles. The molecule has 0 fully saturated rings. The summed E-state index contributed by atoms with van der Waals surface area (Å²) in [7, 11) is 0. The van der Waals surface area contributed by atoms with Gasteiger partial charge in [-0.15, -0.1) is 0 Å². The summed E-state index contributed by atoms with van der Waals surface area (Å²) in [4.78, 5) is 10.5. The second-order valence-electron chi connectivity index (χ2n) is 13.6. The van der Waals surface area contributed by atoms with E-state index >= 15 is 0 Å². The molecule has 0 atom stereocenters. The molecule has 6 aromatic carbocycles. The lowest BCUT2D eigenvalue weighted by atomic mass is 9.93. The van der Waals surface area contributed by atoms with Gasteiger partial charge in [0.05, 0.1) is 11.0 Å². The number of benzene rings is 6. The minimum Gasteiger partial charge on any atom is -0.460 e. The van der Waals surface area contributed by atoms with Crippen molar-refractivity contribution in [2.24, 2.45) is 0 Å². The molecule has 5 heterocycles. The highest BCUT2D eigenvalue weighted by Gasteiger charge is 2.27. The van der Waals surface area contributed by atoms with E-state index in [0.717, 1.165) is 107 Å². The van der Waals surface area contributed by atoms with E-state index < -0.39 is 0 Å². The fraction of sp³-hybridized carbons (Fsp3) is 0.0435. The number of aromatic nitrogens is 3. The van der Waals surface area contributed by atoms with Crippen LogP contribution in [0.5, 0.6) is 0 Å². The zero-order chi connectivity index (χ0) is 33.9. The van der Waals surface area contributed by atoms with E-state index in [9.17, 15) is 0 Å². The molecule has 244 valence electrons. The molecular weight excluding hydrogens is 643 g/mol. The van der Waals surface area contributed by atoms with Gasteiger partial charge in [-0.1, -0.05) is 84.9 Å². The molecule has 0 amide bonds. The normalized spacial score (nSPS) is 13.3. The predicted octanol–water partition coefficient (Wildman–Crippen LogP) is 12.2. The van der Waals surface area contributed by atoms with Crippen molar-refractivity contribution in [3.63, 3.8) is 0 Å². The Morgan fingerprint density at radius 3 is 2.15 bits per heavy atom. The number of allylic oxidation sites excluding steroid dienone is 1. The average Bonchev–Trinajstić information content (AvgIpc) is 3.96. The van der Waals surface area contributed by atoms with Crippen LogP contribution in [0.2, 0.25) is 0 Å². The molecule has 0 radical (unpaired) electrons. The Balaban J connectivity index is 1.11. The minimum atomic E-state index is 0.665. The fourth-order valence-electron chi connectivity index (χ4n) is 8.46. The first kappa shape index (κ1) is 27.9. The fourth-order valence-corrected chi connectivity index (χ4v) is 8.46. The first-order valence-corrected chi connectivity index (χ1v) is 17.6. The lowest BCUT2D eigenvalue weighted by Crippen LogP contribution is -2.04. The maximum atomic E-state index is 6.61. The van der Waals surface area contributed by atoms with Gasteiger partial charge in [0.2, 0.25) is 0 Å². The Morgan fingerprint density at radius 2 is 1.27 bits per heavy atom. The van der Waals surface area contributed by atoms with Crippen molar-refractivity contribution in [2.75, 3.05) is 0 Å². The van der Waals surface area contributed by atoms with Crippen LogP contribution >= 0.6 is 0 Å². The Bertz CT molecular complexity index is 3300. The summed E-state index contributed by atoms with van der Waals surface area (Å²) in [6.45, 7) is 0. The molecule has 6 heteroatoms. The maximum absolute atomic E-state index is 6.61. The van der Waals surface area contributed by atoms with E-state index in [1.807, 2.05) is 48.5 Å². The zero-order valence-corrected chi connectivity index (χ0v) is 27.8. The van der Waals surface area contributed by atoms with Crippen molar-refractivity contribution in [3.8, 4) is 16.9 Å². The SMILES string of the molecule is C1=C(c2nc(-c3ccccc3)c3oc4ccccc4c3n2)c2c(oc3ccc(-n4c5ccccc5c5c6c(ccc54)oc4ccccc46)cc23)CC1. The molecule has 0 saturated heterocycles. The topological polar surface area (TPSA) is 70.1 Å². The molecule has 5 aromatic heterocycles. The van der Waals surface area contributed by atoms with Crippen LogP contribution < -0.4 is 0 Å². The maximum Gasteiger partial charge on any atom is 0.180 e. The summed E-state index contributed by atoms with van der Waals surface area (Å²) in [5, 5.41) is 6.66. The smallest absolute Gasteiger partial charge is 0.180 e. The minimum absolute atomic E-state index is 0.665. The van der Waals surface area contributed by atoms with Crippen LogP contribution in [0.15, 0.2) is 153 Å². The lowest BCUT2D eigenvalue weighted by Gasteiger charge is -2.14. The lowest BCUT2D eigenvalue weighted by molar-refractivity contribution is 0.545. The summed E-state index contributed by atoms with van der Waals surface area (Å²) in [5.41, 5.74) is 12.1. The monoisotopic (exact) mass is 669 g/mol. The highest BCUT2D eigenvalue weighted by molar-refractivity contribution is 6.27. The van der Waals surface area contributed by atoms with E-state index in [1.165, 1.54) is 10.8 Å². The van der Waals surface area contributed by atoms with Gasteiger partial charge in [-0.25, -0.2) is 9.97 Å². The number of aryl methyl sites for hydroxylation is 1. The van der Waals surface area contributed by atoms with Gasteiger partial charge in [-0.3, -0.25) is 0 Å². The molecular formula is C46H27N3O3. The van der Waals surface area contributed by atoms with Gasteiger partial charge in [-0.2, -0.15) is 0 Å². The van der Waals surface area contributed by atoms with Gasteiger partial charge in [0, 0.05) is 61.1 Å². The quantitative estimate of drug-likeness (QED) is 0.187. The molecule has 0 spiro atoms. The molecule has 12 rings (SSSR count). The number of rotatable bonds is 3. The van der Waals surface area contributed by atoms with Gasteiger partial charge in [0.25, 0.3) is 0 Å². The van der Waals surface area contributed by atoms with Crippen molar-refractivity contribution in [2.45, 2.75) is 12.8 Å². The van der Waals surface area contributed by atoms with E-state index in [4.69, 9.17) is 23.2 Å². The largest absolute Gasteiger partial charge is 0.460 e. The summed E-state index contributed by atoms with van der Waals surface area (Å²) >= 11 is 0. The molecule has 0 N–H and O–H groups in total. The standard InChI is InChI=1S/C46H27N3O3/c1-2-11-26(12-3-1)43-45-44(30-15-6-9-19-36(30)52-45)48-46(47-43)31-16-10-20-38-40(31)32-25-27(21-23-37(32)51-38)49-33-17-7-4-13-28(33)41-34(49)22-24-39-42(41)29-14-5-8-18-35(29)50-39/h1-9,11-19,21-25H,10,20H2. The average molecular weight is 670 g/mol. The summed E-state index contributed by atoms with van der Waals surface area (Å²) < 4.78 is 21.7. The molecule has 6 nitrogen and oxygen atoms in total. The van der Waals surface area contributed by atoms with Gasteiger partial charge >= 0.3 is 0 Å². The summed E-state index contributed by atoms with van der Waals surface area (Å²) in [5.74, 6) is 1.62. The molecule has 52 heavy (non-hydrogen) atoms. The summed E-state index contributed by atoms with van der Waals surface area (Å²) in [6.07, 6.45) is 3.92. The van der Waals surface area contributed by atoms with Gasteiger partial charge in [-0.05, 0) is 61.0 Å². The van der Waals surface area contributed by atoms with E-state index in [0.29, 0.717) is 11.4 Å². The highest BCUT2D eigenvalue weighted by atomic mass is 16.3. The third-order valence-corrected chi connectivity index (χ3v) is 10.7. The molecule has 0 bridgehead atoms. The molecule has 1 aliphatic carbocycles. The number of nitrogens with zero attached hydrogens (tertiary/aromatic N) is 3. The van der Waals surface area contributed by atoms with Crippen molar-refractivity contribution in [1.29, 1.82) is 0 Å². The van der Waals surface area contributed by atoms with Gasteiger partial charge in [0.15, 0.2) is 11.4 Å². The third-order valence-electron chi connectivity index (χ3n) is 10.7. The number of hydrogen-bond donors (Lipinski definition) is 0. The van der Waals surface area contributed by atoms with Crippen LogP contribution in [0.25, 0.3) is 99.3 Å². The van der Waals surface area contributed by atoms with Crippen molar-refractivity contribution >= 4 is 82.4 Å².